The summed E-state index contributed by atoms with van der Waals surface area (Å²) in [5.74, 6) is -0.0788. The summed E-state index contributed by atoms with van der Waals surface area (Å²) in [6.07, 6.45) is 1.08. The second kappa shape index (κ2) is 5.40. The molecule has 1 amide bonds. The zero-order chi connectivity index (χ0) is 14.8. The lowest BCUT2D eigenvalue weighted by atomic mass is 10.1. The monoisotopic (exact) mass is 281 g/mol. The van der Waals surface area contributed by atoms with E-state index in [0.717, 1.165) is 0 Å². The average molecular weight is 281 g/mol. The quantitative estimate of drug-likeness (QED) is 0.874. The molecule has 0 bridgehead atoms. The van der Waals surface area contributed by atoms with E-state index in [2.05, 4.69) is 0 Å². The highest BCUT2D eigenvalue weighted by molar-refractivity contribution is 6.11. The molecular weight excluding hydrogens is 266 g/mol. The Hall–Kier alpha value is -2.62. The van der Waals surface area contributed by atoms with Crippen molar-refractivity contribution in [3.8, 4) is 5.75 Å². The minimum atomic E-state index is -0.201. The molecule has 0 fully saturated rings. The van der Waals surface area contributed by atoms with Crippen LogP contribution in [0.5, 0.6) is 5.75 Å². The van der Waals surface area contributed by atoms with Gasteiger partial charge in [-0.2, -0.15) is 0 Å². The molecule has 0 atom stereocenters. The van der Waals surface area contributed by atoms with Crippen LogP contribution in [-0.4, -0.2) is 23.3 Å². The Kier molecular flexibility index (Phi) is 3.44. The number of Topliss-reactive ketones (excluding diaryl/α,β-unsaturated/α-hetero) is 1. The van der Waals surface area contributed by atoms with Crippen molar-refractivity contribution in [2.45, 2.75) is 12.8 Å². The number of phenolic OH excluding ortho intramolecular Hbond substituents is 1. The van der Waals surface area contributed by atoms with Gasteiger partial charge >= 0.3 is 0 Å². The first kappa shape index (κ1) is 13.4. The number of nitrogens with zero attached hydrogens (tertiary/aromatic N) is 1. The molecule has 0 unspecified atom stereocenters. The third kappa shape index (κ3) is 2.52. The highest BCUT2D eigenvalue weighted by Crippen LogP contribution is 2.28. The average Bonchev–Trinajstić information content (AvgIpc) is 2.66. The first-order valence-corrected chi connectivity index (χ1v) is 6.90. The lowest BCUT2D eigenvalue weighted by molar-refractivity contribution is 0.0973. The third-order valence-corrected chi connectivity index (χ3v) is 3.62. The summed E-state index contributed by atoms with van der Waals surface area (Å²) in [6, 6.07) is 13.4. The minimum absolute atomic E-state index is 0.0556. The van der Waals surface area contributed by atoms with Gasteiger partial charge in [-0.1, -0.05) is 18.2 Å². The number of aromatic hydroxyl groups is 1. The molecule has 21 heavy (non-hydrogen) atoms. The molecule has 0 aromatic heterocycles. The van der Waals surface area contributed by atoms with Crippen LogP contribution >= 0.6 is 0 Å². The van der Waals surface area contributed by atoms with Gasteiger partial charge in [-0.3, -0.25) is 9.59 Å². The van der Waals surface area contributed by atoms with Gasteiger partial charge in [-0.05, 0) is 36.8 Å². The van der Waals surface area contributed by atoms with E-state index in [4.69, 9.17) is 0 Å². The van der Waals surface area contributed by atoms with E-state index in [1.165, 1.54) is 12.1 Å². The molecule has 0 saturated heterocycles. The summed E-state index contributed by atoms with van der Waals surface area (Å²) in [5.41, 5.74) is 1.65. The zero-order valence-corrected chi connectivity index (χ0v) is 11.5. The molecule has 106 valence electrons. The topological polar surface area (TPSA) is 57.6 Å². The minimum Gasteiger partial charge on any atom is -0.508 e. The van der Waals surface area contributed by atoms with E-state index in [0.29, 0.717) is 36.2 Å². The van der Waals surface area contributed by atoms with Gasteiger partial charge in [0, 0.05) is 24.1 Å². The molecule has 4 nitrogen and oxygen atoms in total. The van der Waals surface area contributed by atoms with Crippen molar-refractivity contribution in [1.29, 1.82) is 0 Å². The highest BCUT2D eigenvalue weighted by Gasteiger charge is 2.25. The van der Waals surface area contributed by atoms with Gasteiger partial charge in [-0.15, -0.1) is 0 Å². The van der Waals surface area contributed by atoms with Crippen LogP contribution < -0.4 is 4.90 Å². The smallest absolute Gasteiger partial charge is 0.258 e. The summed E-state index contributed by atoms with van der Waals surface area (Å²) in [7, 11) is 0. The number of hydrogen-bond donors (Lipinski definition) is 1. The van der Waals surface area contributed by atoms with Gasteiger partial charge in [0.15, 0.2) is 5.78 Å². The summed E-state index contributed by atoms with van der Waals surface area (Å²) in [6.45, 7) is 0.497. The second-order valence-electron chi connectivity index (χ2n) is 5.05. The van der Waals surface area contributed by atoms with Crippen LogP contribution in [-0.2, 0) is 0 Å². The van der Waals surface area contributed by atoms with E-state index in [-0.39, 0.29) is 17.4 Å². The molecule has 1 heterocycles. The van der Waals surface area contributed by atoms with Crippen LogP contribution in [0.2, 0.25) is 0 Å². The van der Waals surface area contributed by atoms with E-state index in [1.807, 2.05) is 6.07 Å². The molecule has 0 spiro atoms. The van der Waals surface area contributed by atoms with E-state index >= 15 is 0 Å². The van der Waals surface area contributed by atoms with Crippen molar-refractivity contribution in [1.82, 2.24) is 0 Å². The number of ketones is 1. The number of rotatable bonds is 1. The number of para-hydroxylation sites is 1. The molecule has 0 saturated carbocycles. The molecule has 2 aromatic carbocycles. The molecule has 2 aromatic rings. The summed E-state index contributed by atoms with van der Waals surface area (Å²) in [5, 5.41) is 9.53. The Morgan fingerprint density at radius 2 is 1.90 bits per heavy atom. The molecule has 1 aliphatic heterocycles. The predicted octanol–water partition coefficient (Wildman–Crippen LogP) is 3.02. The molecule has 0 radical (unpaired) electrons. The van der Waals surface area contributed by atoms with Crippen molar-refractivity contribution >= 4 is 17.4 Å². The van der Waals surface area contributed by atoms with Gasteiger partial charge in [0.25, 0.3) is 5.91 Å². The van der Waals surface area contributed by atoms with Crippen molar-refractivity contribution in [3.05, 3.63) is 59.7 Å². The van der Waals surface area contributed by atoms with Gasteiger partial charge in [0.1, 0.15) is 5.75 Å². The SMILES string of the molecule is O=C1CCCN(C(=O)c2cccc(O)c2)c2ccccc21. The normalized spacial score (nSPS) is 14.5. The highest BCUT2D eigenvalue weighted by atomic mass is 16.3. The van der Waals surface area contributed by atoms with Gasteiger partial charge in [-0.25, -0.2) is 0 Å². The number of amides is 1. The van der Waals surface area contributed by atoms with Crippen molar-refractivity contribution in [3.63, 3.8) is 0 Å². The van der Waals surface area contributed by atoms with Crippen molar-refractivity contribution in [2.24, 2.45) is 0 Å². The Labute approximate surface area is 122 Å². The van der Waals surface area contributed by atoms with E-state index in [9.17, 15) is 14.7 Å². The summed E-state index contributed by atoms with van der Waals surface area (Å²) in [4.78, 5) is 26.4. The van der Waals surface area contributed by atoms with Gasteiger partial charge < -0.3 is 10.0 Å². The molecule has 1 aliphatic rings. The largest absolute Gasteiger partial charge is 0.508 e. The fraction of sp³-hybridized carbons (Fsp3) is 0.176. The number of phenols is 1. The van der Waals surface area contributed by atoms with Crippen LogP contribution in [0, 0.1) is 0 Å². The maximum Gasteiger partial charge on any atom is 0.258 e. The standard InChI is InChI=1S/C17H15NO3/c19-13-6-3-5-12(11-13)17(21)18-10-4-9-16(20)14-7-1-2-8-15(14)18/h1-3,5-8,11,19H,4,9-10H2. The Morgan fingerprint density at radius 3 is 2.71 bits per heavy atom. The molecular formula is C17H15NO3. The van der Waals surface area contributed by atoms with Crippen molar-refractivity contribution in [2.75, 3.05) is 11.4 Å². The Morgan fingerprint density at radius 1 is 1.10 bits per heavy atom. The number of anilines is 1. The molecule has 0 aliphatic carbocycles. The Balaban J connectivity index is 2.04. The van der Waals surface area contributed by atoms with E-state index < -0.39 is 0 Å². The van der Waals surface area contributed by atoms with Crippen LogP contribution in [0.15, 0.2) is 48.5 Å². The third-order valence-electron chi connectivity index (χ3n) is 3.62. The van der Waals surface area contributed by atoms with E-state index in [1.54, 1.807) is 35.2 Å². The van der Waals surface area contributed by atoms with Gasteiger partial charge in [0.2, 0.25) is 0 Å². The predicted molar refractivity (Wildman–Crippen MR) is 79.8 cm³/mol. The number of benzene rings is 2. The van der Waals surface area contributed by atoms with Crippen LogP contribution in [0.4, 0.5) is 5.69 Å². The molecule has 3 rings (SSSR count). The first-order chi connectivity index (χ1) is 10.2. The molecule has 1 N–H and O–H groups in total. The number of carbonyl (C=O) groups is 2. The summed E-state index contributed by atoms with van der Waals surface area (Å²) >= 11 is 0. The number of carbonyl (C=O) groups excluding carboxylic acids is 2. The lowest BCUT2D eigenvalue weighted by Crippen LogP contribution is -2.31. The number of hydrogen-bond acceptors (Lipinski definition) is 3. The molecule has 4 heteroatoms. The van der Waals surface area contributed by atoms with Crippen molar-refractivity contribution < 1.29 is 14.7 Å². The fourth-order valence-electron chi connectivity index (χ4n) is 2.60. The maximum absolute atomic E-state index is 12.7. The first-order valence-electron chi connectivity index (χ1n) is 6.90. The Bertz CT molecular complexity index is 709. The fourth-order valence-corrected chi connectivity index (χ4v) is 2.60. The number of fused-ring (bicyclic) bond motifs is 1. The van der Waals surface area contributed by atoms with Crippen LogP contribution in [0.1, 0.15) is 33.6 Å². The van der Waals surface area contributed by atoms with Crippen LogP contribution in [0.3, 0.4) is 0 Å². The lowest BCUT2D eigenvalue weighted by Gasteiger charge is -2.22. The zero-order valence-electron chi connectivity index (χ0n) is 11.5. The summed E-state index contributed by atoms with van der Waals surface area (Å²) < 4.78 is 0. The maximum atomic E-state index is 12.7. The second-order valence-corrected chi connectivity index (χ2v) is 5.05. The van der Waals surface area contributed by atoms with Crippen LogP contribution in [0.25, 0.3) is 0 Å². The van der Waals surface area contributed by atoms with Gasteiger partial charge in [0.05, 0.1) is 5.69 Å².